The highest BCUT2D eigenvalue weighted by Gasteiger charge is 2.85. The monoisotopic (exact) mass is 762 g/mol. The van der Waals surface area contributed by atoms with Gasteiger partial charge >= 0.3 is 24.1 Å². The Morgan fingerprint density at radius 1 is 0.808 bits per heavy atom. The van der Waals surface area contributed by atoms with Crippen LogP contribution in [0.4, 0.5) is 48.3 Å². The molecule has 0 amide bonds. The second kappa shape index (κ2) is 15.2. The molecular weight excluding hydrogens is 721 g/mol. The summed E-state index contributed by atoms with van der Waals surface area (Å²) >= 11 is 0. The van der Waals surface area contributed by atoms with E-state index in [2.05, 4.69) is 11.7 Å². The molecule has 3 aliphatic carbocycles. The topological polar surface area (TPSA) is 46.2 Å². The molecule has 5 rings (SSSR count). The van der Waals surface area contributed by atoms with E-state index in [1.165, 1.54) is 31.9 Å². The van der Waals surface area contributed by atoms with Crippen LogP contribution in [0.2, 0.25) is 0 Å². The average molecular weight is 763 g/mol. The standard InChI is InChI=1S/C36H41F11O5/c1-32-12-11-24-23-8-6-22(51-19-20-15-28(37)26(29(38)16-20)18-31(48-2)49-3)17-21(23)5-7-25(24)27(32)9-10-30(32)50-13-4-14-52-33(34(39,40)41,35(42,43)44)36(45,46)47/h6,8,15-17,24-25,27,30-31H,4-5,7,9-14,18-19H2,1-3H3/t24?,25?,27?,30-,32-/m0/s1. The summed E-state index contributed by atoms with van der Waals surface area (Å²) in [4.78, 5) is 0. The summed E-state index contributed by atoms with van der Waals surface area (Å²) in [5, 5.41) is 0. The van der Waals surface area contributed by atoms with E-state index in [-0.39, 0.29) is 48.6 Å². The minimum absolute atomic E-state index is 0.0568. The molecule has 5 nitrogen and oxygen atoms in total. The number of rotatable bonds is 13. The molecule has 0 aliphatic heterocycles. The van der Waals surface area contributed by atoms with Crippen LogP contribution in [0.15, 0.2) is 30.3 Å². The van der Waals surface area contributed by atoms with Gasteiger partial charge in [0.1, 0.15) is 24.0 Å². The van der Waals surface area contributed by atoms with Crippen LogP contribution in [0, 0.1) is 28.9 Å². The van der Waals surface area contributed by atoms with Gasteiger partial charge in [0.05, 0.1) is 12.7 Å². The maximum absolute atomic E-state index is 14.7. The number of aryl methyl sites for hydroxylation is 1. The Kier molecular flexibility index (Phi) is 11.8. The maximum Gasteiger partial charge on any atom is 0.435 e. The van der Waals surface area contributed by atoms with Crippen molar-refractivity contribution in [2.45, 2.75) is 107 Å². The first-order valence-electron chi connectivity index (χ1n) is 17.0. The lowest BCUT2D eigenvalue weighted by molar-refractivity contribution is -0.457. The van der Waals surface area contributed by atoms with Crippen molar-refractivity contribution in [3.8, 4) is 5.75 Å². The predicted octanol–water partition coefficient (Wildman–Crippen LogP) is 9.78. The Bertz CT molecular complexity index is 1480. The molecule has 292 valence electrons. The summed E-state index contributed by atoms with van der Waals surface area (Å²) in [7, 11) is 2.75. The number of methoxy groups -OCH3 is 2. The van der Waals surface area contributed by atoms with Gasteiger partial charge in [-0.2, -0.15) is 39.5 Å². The van der Waals surface area contributed by atoms with Crippen LogP contribution in [-0.2, 0) is 38.4 Å². The van der Waals surface area contributed by atoms with Gasteiger partial charge in [0.15, 0.2) is 6.29 Å². The van der Waals surface area contributed by atoms with E-state index in [1.807, 2.05) is 18.2 Å². The Morgan fingerprint density at radius 3 is 2.04 bits per heavy atom. The molecule has 3 unspecified atom stereocenters. The first kappa shape index (κ1) is 40.5. The number of fused-ring (bicyclic) bond motifs is 5. The first-order valence-corrected chi connectivity index (χ1v) is 17.0. The molecule has 52 heavy (non-hydrogen) atoms. The van der Waals surface area contributed by atoms with Crippen LogP contribution in [0.5, 0.6) is 5.75 Å². The number of benzene rings is 2. The second-order valence-corrected chi connectivity index (χ2v) is 14.1. The molecule has 0 bridgehead atoms. The fourth-order valence-corrected chi connectivity index (χ4v) is 8.64. The third-order valence-electron chi connectivity index (χ3n) is 11.2. The number of alkyl halides is 9. The lowest BCUT2D eigenvalue weighted by Crippen LogP contribution is -2.67. The largest absolute Gasteiger partial charge is 0.489 e. The zero-order valence-corrected chi connectivity index (χ0v) is 28.8. The third kappa shape index (κ3) is 7.63. The van der Waals surface area contributed by atoms with E-state index in [4.69, 9.17) is 18.9 Å². The summed E-state index contributed by atoms with van der Waals surface area (Å²) in [6, 6.07) is 8.21. The van der Waals surface area contributed by atoms with E-state index in [0.717, 1.165) is 37.7 Å². The van der Waals surface area contributed by atoms with E-state index < -0.39 is 55.1 Å². The predicted molar refractivity (Wildman–Crippen MR) is 164 cm³/mol. The molecule has 2 saturated carbocycles. The van der Waals surface area contributed by atoms with Crippen LogP contribution in [-0.4, -0.2) is 64.0 Å². The number of ether oxygens (including phenoxy) is 5. The highest BCUT2D eigenvalue weighted by atomic mass is 19.4. The van der Waals surface area contributed by atoms with Crippen LogP contribution in [0.1, 0.15) is 73.6 Å². The minimum atomic E-state index is -6.77. The first-order chi connectivity index (χ1) is 24.3. The molecule has 2 fully saturated rings. The minimum Gasteiger partial charge on any atom is -0.489 e. The molecule has 0 aromatic heterocycles. The van der Waals surface area contributed by atoms with Gasteiger partial charge in [-0.3, -0.25) is 0 Å². The highest BCUT2D eigenvalue weighted by molar-refractivity contribution is 5.41. The molecule has 5 atom stereocenters. The fourth-order valence-electron chi connectivity index (χ4n) is 8.64. The molecule has 2 aromatic rings. The fraction of sp³-hybridized carbons (Fsp3) is 0.667. The summed E-state index contributed by atoms with van der Waals surface area (Å²) in [5.41, 5.74) is -4.16. The summed E-state index contributed by atoms with van der Waals surface area (Å²) < 4.78 is 173. The molecule has 0 saturated heterocycles. The summed E-state index contributed by atoms with van der Waals surface area (Å²) in [5.74, 6) is -0.154. The van der Waals surface area contributed by atoms with Gasteiger partial charge in [0, 0.05) is 32.8 Å². The SMILES string of the molecule is COC(Cc1c(F)cc(COc2ccc3c(c2)CCC2C3CC[C@@]3(C)C2CC[C@@H]3OCCCOC(C(F)(F)F)(C(F)(F)F)C(F)(F)F)cc1F)OC. The van der Waals surface area contributed by atoms with Gasteiger partial charge in [-0.05, 0) is 109 Å². The third-order valence-corrected chi connectivity index (χ3v) is 11.2. The quantitative estimate of drug-likeness (QED) is 0.116. The van der Waals surface area contributed by atoms with Crippen molar-refractivity contribution < 1.29 is 72.0 Å². The van der Waals surface area contributed by atoms with Gasteiger partial charge < -0.3 is 23.7 Å². The van der Waals surface area contributed by atoms with Gasteiger partial charge in [-0.15, -0.1) is 0 Å². The van der Waals surface area contributed by atoms with Crippen molar-refractivity contribution in [3.63, 3.8) is 0 Å². The van der Waals surface area contributed by atoms with E-state index in [9.17, 15) is 48.3 Å². The Hall–Kier alpha value is -2.69. The van der Waals surface area contributed by atoms with Crippen molar-refractivity contribution in [1.82, 2.24) is 0 Å². The molecule has 0 spiro atoms. The van der Waals surface area contributed by atoms with Gasteiger partial charge in [0.25, 0.3) is 0 Å². The Labute approximate surface area is 294 Å². The number of hydrogen-bond acceptors (Lipinski definition) is 5. The molecule has 2 aromatic carbocycles. The molecule has 3 aliphatic rings. The van der Waals surface area contributed by atoms with Crippen LogP contribution in [0.3, 0.4) is 0 Å². The van der Waals surface area contributed by atoms with Crippen molar-refractivity contribution >= 4 is 0 Å². The van der Waals surface area contributed by atoms with Crippen molar-refractivity contribution in [2.75, 3.05) is 27.4 Å². The Morgan fingerprint density at radius 2 is 1.44 bits per heavy atom. The van der Waals surface area contributed by atoms with Crippen LogP contribution >= 0.6 is 0 Å². The van der Waals surface area contributed by atoms with Crippen LogP contribution < -0.4 is 4.74 Å². The lowest BCUT2D eigenvalue weighted by atomic mass is 9.55. The van der Waals surface area contributed by atoms with Gasteiger partial charge in [0.2, 0.25) is 0 Å². The highest BCUT2D eigenvalue weighted by Crippen LogP contribution is 2.62. The molecule has 0 N–H and O–H groups in total. The smallest absolute Gasteiger partial charge is 0.435 e. The Balaban J connectivity index is 1.17. The van der Waals surface area contributed by atoms with Gasteiger partial charge in [-0.25, -0.2) is 8.78 Å². The van der Waals surface area contributed by atoms with Gasteiger partial charge in [-0.1, -0.05) is 13.0 Å². The average Bonchev–Trinajstić information content (AvgIpc) is 3.39. The van der Waals surface area contributed by atoms with Crippen molar-refractivity contribution in [3.05, 3.63) is 64.2 Å². The second-order valence-electron chi connectivity index (χ2n) is 14.1. The van der Waals surface area contributed by atoms with E-state index >= 15 is 0 Å². The molecular formula is C36H41F11O5. The zero-order valence-electron chi connectivity index (χ0n) is 28.8. The molecule has 0 radical (unpaired) electrons. The summed E-state index contributed by atoms with van der Waals surface area (Å²) in [6.45, 7) is 0.186. The maximum atomic E-state index is 14.7. The van der Waals surface area contributed by atoms with E-state index in [0.29, 0.717) is 23.7 Å². The summed E-state index contributed by atoms with van der Waals surface area (Å²) in [6.07, 6.45) is -17.6. The number of halogens is 11. The molecule has 0 heterocycles. The van der Waals surface area contributed by atoms with Crippen molar-refractivity contribution in [1.29, 1.82) is 0 Å². The normalized spacial score (nSPS) is 25.2. The number of hydrogen-bond donors (Lipinski definition) is 0. The zero-order chi connectivity index (χ0) is 38.3. The lowest BCUT2D eigenvalue weighted by Gasteiger charge is -2.50. The van der Waals surface area contributed by atoms with Crippen molar-refractivity contribution in [2.24, 2.45) is 17.3 Å². The molecule has 16 heteroatoms. The van der Waals surface area contributed by atoms with Crippen LogP contribution in [0.25, 0.3) is 0 Å². The van der Waals surface area contributed by atoms with E-state index in [1.54, 1.807) is 0 Å².